The molecule has 0 fully saturated rings. The topological polar surface area (TPSA) is 42.2 Å². The van der Waals surface area contributed by atoms with Crippen molar-refractivity contribution < 1.29 is 9.90 Å². The predicted octanol–water partition coefficient (Wildman–Crippen LogP) is 7.31. The SMILES string of the molecule is C=C(O)Cc1cccc2c1cc(C)n2C(=O)C(/C=C\CCC(CC)CCC)=C/C. The van der Waals surface area contributed by atoms with Crippen LogP contribution in [0.5, 0.6) is 0 Å². The minimum atomic E-state index is -0.0168. The summed E-state index contributed by atoms with van der Waals surface area (Å²) in [5, 5.41) is 10.6. The van der Waals surface area contributed by atoms with Crippen LogP contribution in [0.4, 0.5) is 0 Å². The summed E-state index contributed by atoms with van der Waals surface area (Å²) in [4.78, 5) is 13.3. The van der Waals surface area contributed by atoms with Crippen molar-refractivity contribution in [2.75, 3.05) is 0 Å². The zero-order chi connectivity index (χ0) is 21.4. The Labute approximate surface area is 175 Å². The summed E-state index contributed by atoms with van der Waals surface area (Å²) in [6.45, 7) is 11.9. The molecular weight excluding hydrogens is 358 g/mol. The van der Waals surface area contributed by atoms with Gasteiger partial charge in [-0.2, -0.15) is 0 Å². The van der Waals surface area contributed by atoms with E-state index in [4.69, 9.17) is 0 Å². The van der Waals surface area contributed by atoms with E-state index in [9.17, 15) is 9.90 Å². The Balaban J connectivity index is 2.23. The Kier molecular flexibility index (Phi) is 8.50. The van der Waals surface area contributed by atoms with Gasteiger partial charge in [-0.25, -0.2) is 0 Å². The fraction of sp³-hybridized carbons (Fsp3) is 0.423. The number of aliphatic hydroxyl groups is 1. The highest BCUT2D eigenvalue weighted by Gasteiger charge is 2.17. The number of hydrogen-bond acceptors (Lipinski definition) is 2. The van der Waals surface area contributed by atoms with Crippen LogP contribution in [0.15, 0.2) is 60.4 Å². The second-order valence-corrected chi connectivity index (χ2v) is 7.81. The van der Waals surface area contributed by atoms with Gasteiger partial charge in [0.15, 0.2) is 0 Å². The standard InChI is InChI=1S/C26H35NO2/c1-6-12-21(7-2)13-9-10-14-22(8-3)26(29)27-19(4)17-24-23(18-20(5)28)15-11-16-25(24)27/h8,10-11,14-17,21,28H,5-7,9,12-13,18H2,1-4H3/b14-10-,22-8+. The molecule has 2 aromatic rings. The van der Waals surface area contributed by atoms with Gasteiger partial charge in [-0.3, -0.25) is 9.36 Å². The Hall–Kier alpha value is -2.55. The third-order valence-electron chi connectivity index (χ3n) is 5.59. The van der Waals surface area contributed by atoms with E-state index in [1.807, 2.05) is 50.3 Å². The molecule has 0 aliphatic carbocycles. The van der Waals surface area contributed by atoms with E-state index in [-0.39, 0.29) is 11.7 Å². The van der Waals surface area contributed by atoms with Crippen LogP contribution in [0.1, 0.15) is 68.9 Å². The fourth-order valence-electron chi connectivity index (χ4n) is 3.99. The number of rotatable bonds is 10. The van der Waals surface area contributed by atoms with Gasteiger partial charge in [-0.15, -0.1) is 0 Å². The van der Waals surface area contributed by atoms with Crippen LogP contribution >= 0.6 is 0 Å². The number of aryl methyl sites for hydroxylation is 1. The molecule has 1 aromatic carbocycles. The molecule has 29 heavy (non-hydrogen) atoms. The normalized spacial score (nSPS) is 13.3. The van der Waals surface area contributed by atoms with Gasteiger partial charge in [-0.1, -0.05) is 70.0 Å². The van der Waals surface area contributed by atoms with Gasteiger partial charge in [0.05, 0.1) is 11.3 Å². The van der Waals surface area contributed by atoms with Crippen molar-refractivity contribution in [1.82, 2.24) is 4.57 Å². The number of nitrogens with zero attached hydrogens (tertiary/aromatic N) is 1. The molecule has 3 nitrogen and oxygen atoms in total. The van der Waals surface area contributed by atoms with Gasteiger partial charge in [0.1, 0.15) is 0 Å². The van der Waals surface area contributed by atoms with Crippen LogP contribution < -0.4 is 0 Å². The largest absolute Gasteiger partial charge is 0.513 e. The van der Waals surface area contributed by atoms with Gasteiger partial charge in [0.2, 0.25) is 0 Å². The molecule has 0 saturated carbocycles. The summed E-state index contributed by atoms with van der Waals surface area (Å²) in [5.74, 6) is 0.876. The molecule has 1 atom stereocenters. The molecule has 156 valence electrons. The quantitative estimate of drug-likeness (QED) is 0.261. The molecular formula is C26H35NO2. The van der Waals surface area contributed by atoms with Gasteiger partial charge < -0.3 is 5.11 Å². The second kappa shape index (κ2) is 10.8. The van der Waals surface area contributed by atoms with E-state index >= 15 is 0 Å². The molecule has 0 saturated heterocycles. The summed E-state index contributed by atoms with van der Waals surface area (Å²) in [6.07, 6.45) is 12.3. The Morgan fingerprint density at radius 2 is 2.03 bits per heavy atom. The first kappa shape index (κ1) is 22.7. The lowest BCUT2D eigenvalue weighted by Crippen LogP contribution is -2.13. The van der Waals surface area contributed by atoms with Crippen LogP contribution in [0.25, 0.3) is 10.9 Å². The number of benzene rings is 1. The molecule has 2 rings (SSSR count). The zero-order valence-corrected chi connectivity index (χ0v) is 18.4. The molecule has 1 N–H and O–H groups in total. The number of carbonyl (C=O) groups excluding carboxylic acids is 1. The first-order chi connectivity index (χ1) is 13.9. The van der Waals surface area contributed by atoms with Crippen molar-refractivity contribution >= 4 is 16.8 Å². The highest BCUT2D eigenvalue weighted by molar-refractivity contribution is 6.04. The van der Waals surface area contributed by atoms with Crippen molar-refractivity contribution in [3.63, 3.8) is 0 Å². The monoisotopic (exact) mass is 393 g/mol. The number of allylic oxidation sites excluding steroid dienone is 5. The van der Waals surface area contributed by atoms with Crippen LogP contribution in [-0.2, 0) is 6.42 Å². The van der Waals surface area contributed by atoms with E-state index in [2.05, 4.69) is 26.5 Å². The summed E-state index contributed by atoms with van der Waals surface area (Å²) in [7, 11) is 0. The van der Waals surface area contributed by atoms with Crippen molar-refractivity contribution in [2.24, 2.45) is 5.92 Å². The molecule has 3 heteroatoms. The van der Waals surface area contributed by atoms with E-state index in [1.165, 1.54) is 25.7 Å². The van der Waals surface area contributed by atoms with E-state index in [0.29, 0.717) is 12.0 Å². The molecule has 0 amide bonds. The Morgan fingerprint density at radius 3 is 2.66 bits per heavy atom. The lowest BCUT2D eigenvalue weighted by Gasteiger charge is -2.12. The highest BCUT2D eigenvalue weighted by atomic mass is 16.3. The zero-order valence-electron chi connectivity index (χ0n) is 18.4. The number of hydrogen-bond donors (Lipinski definition) is 1. The maximum atomic E-state index is 13.3. The number of aliphatic hydroxyl groups excluding tert-OH is 1. The average Bonchev–Trinajstić information content (AvgIpc) is 3.03. The van der Waals surface area contributed by atoms with Crippen molar-refractivity contribution in [3.8, 4) is 0 Å². The lowest BCUT2D eigenvalue weighted by atomic mass is 9.95. The lowest BCUT2D eigenvalue weighted by molar-refractivity contribution is 0.0962. The van der Waals surface area contributed by atoms with Crippen LogP contribution in [0.3, 0.4) is 0 Å². The molecule has 0 aliphatic rings. The number of aromatic nitrogens is 1. The maximum absolute atomic E-state index is 13.3. The minimum Gasteiger partial charge on any atom is -0.513 e. The highest BCUT2D eigenvalue weighted by Crippen LogP contribution is 2.26. The van der Waals surface area contributed by atoms with Gasteiger partial charge in [-0.05, 0) is 50.3 Å². The summed E-state index contributed by atoms with van der Waals surface area (Å²) in [5.41, 5.74) is 3.44. The van der Waals surface area contributed by atoms with Crippen molar-refractivity contribution in [1.29, 1.82) is 0 Å². The van der Waals surface area contributed by atoms with Crippen molar-refractivity contribution in [3.05, 3.63) is 71.7 Å². The van der Waals surface area contributed by atoms with Gasteiger partial charge in [0, 0.05) is 23.1 Å². The van der Waals surface area contributed by atoms with Crippen LogP contribution in [0, 0.1) is 12.8 Å². The number of fused-ring (bicyclic) bond motifs is 1. The third kappa shape index (κ3) is 5.72. The van der Waals surface area contributed by atoms with E-state index < -0.39 is 0 Å². The van der Waals surface area contributed by atoms with E-state index in [1.54, 1.807) is 4.57 Å². The molecule has 1 unspecified atom stereocenters. The van der Waals surface area contributed by atoms with Gasteiger partial charge >= 0.3 is 0 Å². The predicted molar refractivity (Wildman–Crippen MR) is 124 cm³/mol. The first-order valence-electron chi connectivity index (χ1n) is 10.8. The van der Waals surface area contributed by atoms with Crippen LogP contribution in [0.2, 0.25) is 0 Å². The average molecular weight is 394 g/mol. The maximum Gasteiger partial charge on any atom is 0.262 e. The second-order valence-electron chi connectivity index (χ2n) is 7.81. The fourth-order valence-corrected chi connectivity index (χ4v) is 3.99. The molecule has 0 bridgehead atoms. The smallest absolute Gasteiger partial charge is 0.262 e. The summed E-state index contributed by atoms with van der Waals surface area (Å²) >= 11 is 0. The first-order valence-corrected chi connectivity index (χ1v) is 10.8. The number of carbonyl (C=O) groups is 1. The Bertz CT molecular complexity index is 914. The van der Waals surface area contributed by atoms with Crippen LogP contribution in [-0.4, -0.2) is 15.6 Å². The third-order valence-corrected chi connectivity index (χ3v) is 5.59. The Morgan fingerprint density at radius 1 is 1.28 bits per heavy atom. The molecule has 0 spiro atoms. The summed E-state index contributed by atoms with van der Waals surface area (Å²) < 4.78 is 1.77. The molecule has 0 radical (unpaired) electrons. The van der Waals surface area contributed by atoms with Crippen molar-refractivity contribution in [2.45, 2.75) is 66.2 Å². The molecule has 0 aliphatic heterocycles. The summed E-state index contributed by atoms with van der Waals surface area (Å²) in [6, 6.07) is 7.86. The minimum absolute atomic E-state index is 0.0168. The van der Waals surface area contributed by atoms with E-state index in [0.717, 1.165) is 34.5 Å². The van der Waals surface area contributed by atoms with Gasteiger partial charge in [0.25, 0.3) is 5.91 Å². The molecule has 1 heterocycles. The molecule has 1 aromatic heterocycles.